The van der Waals surface area contributed by atoms with Gasteiger partial charge < -0.3 is 9.80 Å². The summed E-state index contributed by atoms with van der Waals surface area (Å²) in [7, 11) is 0. The highest BCUT2D eigenvalue weighted by molar-refractivity contribution is 5.90. The molecule has 0 radical (unpaired) electrons. The summed E-state index contributed by atoms with van der Waals surface area (Å²) in [5.41, 5.74) is 20.6. The Morgan fingerprint density at radius 1 is 0.328 bits per heavy atom. The summed E-state index contributed by atoms with van der Waals surface area (Å²) in [5, 5.41) is 0. The van der Waals surface area contributed by atoms with Crippen LogP contribution in [-0.2, 0) is 0 Å². The number of para-hydroxylation sites is 2. The molecule has 2 nitrogen and oxygen atoms in total. The van der Waals surface area contributed by atoms with Crippen LogP contribution in [0.1, 0.15) is 31.2 Å². The third-order valence-corrected chi connectivity index (χ3v) is 13.5. The molecule has 322 valence electrons. The lowest BCUT2D eigenvalue weighted by molar-refractivity contribution is 0.595. The van der Waals surface area contributed by atoms with Crippen LogP contribution in [0, 0.1) is 5.92 Å². The normalized spacial score (nSPS) is 15.2. The second-order valence-electron chi connectivity index (χ2n) is 17.7. The van der Waals surface area contributed by atoms with Crippen LogP contribution in [0.15, 0.2) is 272 Å². The Labute approximate surface area is 395 Å². The fraction of sp³-hybridized carbons (Fsp3) is 0.0769. The van der Waals surface area contributed by atoms with Gasteiger partial charge in [0.05, 0.1) is 0 Å². The zero-order chi connectivity index (χ0) is 44.9. The topological polar surface area (TPSA) is 6.48 Å². The molecule has 2 aliphatic rings. The standard InChI is InChI=1S/C65H52N2/c1-47-16-14-21-55-22-15-27-63(65(47)55)54-36-42-59(43-37-54)66(56-23-10-4-11-24-56)58-38-34-51(35-39-58)49-28-30-53(31-29-49)62-45-44-61(46-64(62)52-19-8-3-9-20-52)67(57-25-12-5-13-26-57)60-40-32-50(33-41-60)48-17-6-2-7-18-48/h2-15,17-26,28-47,63H,16,27H2,1H3. The van der Waals surface area contributed by atoms with Gasteiger partial charge in [-0.3, -0.25) is 0 Å². The molecule has 0 aliphatic heterocycles. The highest BCUT2D eigenvalue weighted by Crippen LogP contribution is 2.45. The Bertz CT molecular complexity index is 3180. The predicted molar refractivity (Wildman–Crippen MR) is 284 cm³/mol. The Morgan fingerprint density at radius 2 is 0.701 bits per heavy atom. The van der Waals surface area contributed by atoms with Crippen LogP contribution in [0.5, 0.6) is 0 Å². The van der Waals surface area contributed by atoms with Gasteiger partial charge in [-0.2, -0.15) is 0 Å². The molecule has 2 atom stereocenters. The maximum absolute atomic E-state index is 2.38. The van der Waals surface area contributed by atoms with E-state index in [1.165, 1.54) is 55.6 Å². The van der Waals surface area contributed by atoms with Crippen LogP contribution in [0.2, 0.25) is 0 Å². The minimum Gasteiger partial charge on any atom is -0.311 e. The average molecular weight is 861 g/mol. The summed E-state index contributed by atoms with van der Waals surface area (Å²) >= 11 is 0. The molecule has 0 saturated carbocycles. The van der Waals surface area contributed by atoms with Gasteiger partial charge in [0.2, 0.25) is 0 Å². The zero-order valence-corrected chi connectivity index (χ0v) is 37.8. The van der Waals surface area contributed by atoms with Crippen LogP contribution in [0.4, 0.5) is 34.1 Å². The number of nitrogens with zero attached hydrogens (tertiary/aromatic N) is 2. The largest absolute Gasteiger partial charge is 0.311 e. The number of anilines is 6. The molecule has 67 heavy (non-hydrogen) atoms. The number of hydrogen-bond donors (Lipinski definition) is 0. The van der Waals surface area contributed by atoms with Crippen LogP contribution in [0.25, 0.3) is 44.5 Å². The first-order valence-corrected chi connectivity index (χ1v) is 23.6. The molecular formula is C65H52N2. The van der Waals surface area contributed by atoms with E-state index >= 15 is 0 Å². The van der Waals surface area contributed by atoms with Gasteiger partial charge in [0.25, 0.3) is 0 Å². The lowest BCUT2D eigenvalue weighted by Crippen LogP contribution is -2.16. The summed E-state index contributed by atoms with van der Waals surface area (Å²) in [6.07, 6.45) is 11.5. The van der Waals surface area contributed by atoms with E-state index < -0.39 is 0 Å². The van der Waals surface area contributed by atoms with Crippen molar-refractivity contribution in [2.24, 2.45) is 5.92 Å². The maximum Gasteiger partial charge on any atom is 0.0468 e. The second-order valence-corrected chi connectivity index (χ2v) is 17.7. The molecule has 2 unspecified atom stereocenters. The molecule has 0 fully saturated rings. The minimum absolute atomic E-state index is 0.424. The van der Waals surface area contributed by atoms with Crippen molar-refractivity contribution in [3.05, 3.63) is 278 Å². The van der Waals surface area contributed by atoms with Gasteiger partial charge in [-0.05, 0) is 147 Å². The van der Waals surface area contributed by atoms with Crippen molar-refractivity contribution in [1.29, 1.82) is 0 Å². The minimum atomic E-state index is 0.424. The number of benzene rings is 9. The van der Waals surface area contributed by atoms with E-state index in [0.717, 1.165) is 47.0 Å². The van der Waals surface area contributed by atoms with E-state index in [-0.39, 0.29) is 0 Å². The molecule has 2 heteroatoms. The molecule has 0 saturated heterocycles. The fourth-order valence-corrected chi connectivity index (χ4v) is 10.1. The van der Waals surface area contributed by atoms with Gasteiger partial charge in [-0.15, -0.1) is 0 Å². The molecule has 0 aromatic heterocycles. The van der Waals surface area contributed by atoms with E-state index in [4.69, 9.17) is 0 Å². The molecule has 0 N–H and O–H groups in total. The highest BCUT2D eigenvalue weighted by atomic mass is 15.1. The van der Waals surface area contributed by atoms with Crippen LogP contribution in [0.3, 0.4) is 0 Å². The smallest absolute Gasteiger partial charge is 0.0468 e. The SMILES string of the molecule is CC1CC=CC2=C1C(c1ccc(N(c3ccccc3)c3ccc(-c4ccc(-c5ccc(N(c6ccccc6)c6ccc(-c7ccccc7)cc6)cc5-c5ccccc5)cc4)cc3)cc1)CC=C2. The number of allylic oxidation sites excluding steroid dienone is 6. The summed E-state index contributed by atoms with van der Waals surface area (Å²) in [4.78, 5) is 4.71. The van der Waals surface area contributed by atoms with Crippen LogP contribution >= 0.6 is 0 Å². The third-order valence-electron chi connectivity index (χ3n) is 13.5. The van der Waals surface area contributed by atoms with Gasteiger partial charge in [-0.25, -0.2) is 0 Å². The molecule has 0 amide bonds. The molecular weight excluding hydrogens is 809 g/mol. The molecule has 0 heterocycles. The summed E-state index contributed by atoms with van der Waals surface area (Å²) < 4.78 is 0. The van der Waals surface area contributed by atoms with E-state index in [1.807, 2.05) is 0 Å². The molecule has 0 bridgehead atoms. The van der Waals surface area contributed by atoms with E-state index in [9.17, 15) is 0 Å². The van der Waals surface area contributed by atoms with Gasteiger partial charge in [-0.1, -0.05) is 201 Å². The molecule has 9 aromatic carbocycles. The maximum atomic E-state index is 2.38. The first kappa shape index (κ1) is 41.5. The molecule has 11 rings (SSSR count). The highest BCUT2D eigenvalue weighted by Gasteiger charge is 2.27. The lowest BCUT2D eigenvalue weighted by atomic mass is 9.73. The first-order valence-electron chi connectivity index (χ1n) is 23.6. The van der Waals surface area contributed by atoms with E-state index in [1.54, 1.807) is 5.57 Å². The Kier molecular flexibility index (Phi) is 11.6. The fourth-order valence-electron chi connectivity index (χ4n) is 10.1. The van der Waals surface area contributed by atoms with Gasteiger partial charge in [0.1, 0.15) is 0 Å². The number of rotatable bonds is 11. The van der Waals surface area contributed by atoms with Crippen molar-refractivity contribution in [3.63, 3.8) is 0 Å². The quantitative estimate of drug-likeness (QED) is 0.128. The third kappa shape index (κ3) is 8.58. The van der Waals surface area contributed by atoms with E-state index in [2.05, 4.69) is 278 Å². The second kappa shape index (κ2) is 18.7. The van der Waals surface area contributed by atoms with Crippen molar-refractivity contribution in [2.75, 3.05) is 9.80 Å². The molecule has 2 aliphatic carbocycles. The lowest BCUT2D eigenvalue weighted by Gasteiger charge is -2.32. The van der Waals surface area contributed by atoms with Crippen molar-refractivity contribution in [1.82, 2.24) is 0 Å². The monoisotopic (exact) mass is 860 g/mol. The zero-order valence-electron chi connectivity index (χ0n) is 37.8. The Balaban J connectivity index is 0.889. The van der Waals surface area contributed by atoms with Crippen molar-refractivity contribution < 1.29 is 0 Å². The van der Waals surface area contributed by atoms with E-state index in [0.29, 0.717) is 11.8 Å². The molecule has 0 spiro atoms. The van der Waals surface area contributed by atoms with Crippen LogP contribution < -0.4 is 9.80 Å². The Morgan fingerprint density at radius 3 is 1.24 bits per heavy atom. The average Bonchev–Trinajstić information content (AvgIpc) is 3.40. The van der Waals surface area contributed by atoms with Gasteiger partial charge in [0.15, 0.2) is 0 Å². The summed E-state index contributed by atoms with van der Waals surface area (Å²) in [5.74, 6) is 0.990. The van der Waals surface area contributed by atoms with Gasteiger partial charge in [0, 0.05) is 40.0 Å². The number of hydrogen-bond acceptors (Lipinski definition) is 2. The van der Waals surface area contributed by atoms with Gasteiger partial charge >= 0.3 is 0 Å². The molecule has 9 aromatic rings. The Hall–Kier alpha value is -8.20. The first-order chi connectivity index (χ1) is 33.1. The summed E-state index contributed by atoms with van der Waals surface area (Å²) in [6, 6.07) is 85.8. The summed E-state index contributed by atoms with van der Waals surface area (Å²) in [6.45, 7) is 2.38. The van der Waals surface area contributed by atoms with Crippen molar-refractivity contribution in [3.8, 4) is 44.5 Å². The van der Waals surface area contributed by atoms with Crippen molar-refractivity contribution >= 4 is 34.1 Å². The predicted octanol–water partition coefficient (Wildman–Crippen LogP) is 18.2. The van der Waals surface area contributed by atoms with Crippen molar-refractivity contribution in [2.45, 2.75) is 25.7 Å². The van der Waals surface area contributed by atoms with Crippen LogP contribution in [-0.4, -0.2) is 0 Å².